The highest BCUT2D eigenvalue weighted by Crippen LogP contribution is 2.19. The standard InChI is InChI=1S/C11H19N3O4S/c12-9(15)2-1-3-13-11(18)14-4-5-19-7-8(14)6-10(16)17/h8H,1-7H2,(H2,12,15)(H,13,18)(H,16,17). The van der Waals surface area contributed by atoms with Crippen LogP contribution in [0.25, 0.3) is 0 Å². The maximum atomic E-state index is 11.9. The first kappa shape index (κ1) is 15.6. The molecule has 3 amide bonds. The van der Waals surface area contributed by atoms with Crippen LogP contribution in [-0.4, -0.2) is 58.6 Å². The fourth-order valence-corrected chi connectivity index (χ4v) is 2.91. The maximum absolute atomic E-state index is 11.9. The molecule has 0 radical (unpaired) electrons. The molecule has 1 aliphatic heterocycles. The highest BCUT2D eigenvalue weighted by Gasteiger charge is 2.28. The predicted molar refractivity (Wildman–Crippen MR) is 71.9 cm³/mol. The van der Waals surface area contributed by atoms with Crippen LogP contribution in [0.5, 0.6) is 0 Å². The molecule has 0 spiro atoms. The van der Waals surface area contributed by atoms with Gasteiger partial charge in [0.1, 0.15) is 0 Å². The number of carboxylic acid groups (broad SMARTS) is 1. The Balaban J connectivity index is 2.38. The van der Waals surface area contributed by atoms with Crippen molar-refractivity contribution in [3.05, 3.63) is 0 Å². The van der Waals surface area contributed by atoms with Crippen LogP contribution in [0.15, 0.2) is 0 Å². The van der Waals surface area contributed by atoms with E-state index in [1.807, 2.05) is 0 Å². The lowest BCUT2D eigenvalue weighted by molar-refractivity contribution is -0.138. The lowest BCUT2D eigenvalue weighted by Gasteiger charge is -2.34. The third-order valence-corrected chi connectivity index (χ3v) is 3.87. The number of hydrogen-bond donors (Lipinski definition) is 3. The Labute approximate surface area is 115 Å². The van der Waals surface area contributed by atoms with E-state index in [9.17, 15) is 14.4 Å². The first-order valence-corrected chi connectivity index (χ1v) is 7.28. The van der Waals surface area contributed by atoms with E-state index in [4.69, 9.17) is 10.8 Å². The molecule has 0 bridgehead atoms. The summed E-state index contributed by atoms with van der Waals surface area (Å²) in [6.07, 6.45) is 0.684. The van der Waals surface area contributed by atoms with Gasteiger partial charge in [-0.15, -0.1) is 0 Å². The molecule has 108 valence electrons. The van der Waals surface area contributed by atoms with Crippen LogP contribution < -0.4 is 11.1 Å². The van der Waals surface area contributed by atoms with Gasteiger partial charge in [0, 0.05) is 31.0 Å². The van der Waals surface area contributed by atoms with Crippen molar-refractivity contribution in [2.75, 3.05) is 24.6 Å². The number of nitrogens with one attached hydrogen (secondary N) is 1. The number of carbonyl (C=O) groups is 3. The summed E-state index contributed by atoms with van der Waals surface area (Å²) in [6, 6.07) is -0.539. The molecule has 1 rings (SSSR count). The van der Waals surface area contributed by atoms with E-state index in [1.165, 1.54) is 0 Å². The number of thioether (sulfide) groups is 1. The Bertz CT molecular complexity index is 351. The predicted octanol–water partition coefficient (Wildman–Crippen LogP) is -0.146. The Morgan fingerprint density at radius 2 is 2.16 bits per heavy atom. The van der Waals surface area contributed by atoms with E-state index < -0.39 is 11.9 Å². The summed E-state index contributed by atoms with van der Waals surface area (Å²) in [6.45, 7) is 0.912. The van der Waals surface area contributed by atoms with Crippen molar-refractivity contribution < 1.29 is 19.5 Å². The molecule has 0 aromatic rings. The number of amides is 3. The molecule has 7 nitrogen and oxygen atoms in total. The molecular weight excluding hydrogens is 270 g/mol. The Morgan fingerprint density at radius 3 is 2.79 bits per heavy atom. The second kappa shape index (κ2) is 7.88. The fourth-order valence-electron chi connectivity index (χ4n) is 1.85. The van der Waals surface area contributed by atoms with E-state index in [0.29, 0.717) is 25.3 Å². The molecule has 1 aliphatic rings. The number of nitrogens with zero attached hydrogens (tertiary/aromatic N) is 1. The van der Waals surface area contributed by atoms with Crippen molar-refractivity contribution in [2.24, 2.45) is 5.73 Å². The molecule has 0 aromatic heterocycles. The Kier molecular flexibility index (Phi) is 6.48. The summed E-state index contributed by atoms with van der Waals surface area (Å²) in [7, 11) is 0. The summed E-state index contributed by atoms with van der Waals surface area (Å²) in [4.78, 5) is 34.8. The maximum Gasteiger partial charge on any atom is 0.317 e. The minimum Gasteiger partial charge on any atom is -0.481 e. The normalized spacial score (nSPS) is 18.9. The number of carboxylic acids is 1. The number of aliphatic carboxylic acids is 1. The topological polar surface area (TPSA) is 113 Å². The summed E-state index contributed by atoms with van der Waals surface area (Å²) in [5.74, 6) is 0.151. The van der Waals surface area contributed by atoms with E-state index >= 15 is 0 Å². The zero-order chi connectivity index (χ0) is 14.3. The number of rotatable bonds is 6. The molecule has 1 saturated heterocycles. The Hall–Kier alpha value is -1.44. The molecule has 1 atom stereocenters. The molecule has 0 saturated carbocycles. The third kappa shape index (κ3) is 5.82. The largest absolute Gasteiger partial charge is 0.481 e. The summed E-state index contributed by atoms with van der Waals surface area (Å²) >= 11 is 1.65. The van der Waals surface area contributed by atoms with Crippen molar-refractivity contribution >= 4 is 29.7 Å². The summed E-state index contributed by atoms with van der Waals surface area (Å²) in [5, 5.41) is 11.5. The van der Waals surface area contributed by atoms with Crippen LogP contribution in [0.3, 0.4) is 0 Å². The van der Waals surface area contributed by atoms with Crippen molar-refractivity contribution in [3.8, 4) is 0 Å². The van der Waals surface area contributed by atoms with Gasteiger partial charge in [0.2, 0.25) is 5.91 Å². The van der Waals surface area contributed by atoms with Crippen molar-refractivity contribution in [1.29, 1.82) is 0 Å². The number of nitrogens with two attached hydrogens (primary N) is 1. The first-order chi connectivity index (χ1) is 9.00. The minimum absolute atomic E-state index is 0.0400. The summed E-state index contributed by atoms with van der Waals surface area (Å²) < 4.78 is 0. The van der Waals surface area contributed by atoms with Crippen LogP contribution >= 0.6 is 11.8 Å². The van der Waals surface area contributed by atoms with Gasteiger partial charge in [-0.05, 0) is 6.42 Å². The highest BCUT2D eigenvalue weighted by atomic mass is 32.2. The molecule has 1 heterocycles. The quantitative estimate of drug-likeness (QED) is 0.589. The van der Waals surface area contributed by atoms with Gasteiger partial charge in [-0.3, -0.25) is 9.59 Å². The third-order valence-electron chi connectivity index (χ3n) is 2.77. The van der Waals surface area contributed by atoms with E-state index in [-0.39, 0.29) is 24.9 Å². The minimum atomic E-state index is -0.904. The zero-order valence-electron chi connectivity index (χ0n) is 10.6. The molecule has 8 heteroatoms. The highest BCUT2D eigenvalue weighted by molar-refractivity contribution is 7.99. The molecule has 19 heavy (non-hydrogen) atoms. The molecule has 0 aliphatic carbocycles. The average molecular weight is 289 g/mol. The lowest BCUT2D eigenvalue weighted by Crippen LogP contribution is -2.51. The van der Waals surface area contributed by atoms with E-state index in [1.54, 1.807) is 16.7 Å². The monoisotopic (exact) mass is 289 g/mol. The van der Waals surface area contributed by atoms with Gasteiger partial charge < -0.3 is 21.1 Å². The number of hydrogen-bond acceptors (Lipinski definition) is 4. The lowest BCUT2D eigenvalue weighted by atomic mass is 10.2. The van der Waals surface area contributed by atoms with Crippen LogP contribution in [0, 0.1) is 0 Å². The number of primary amides is 1. The second-order valence-corrected chi connectivity index (χ2v) is 5.47. The van der Waals surface area contributed by atoms with Gasteiger partial charge in [-0.1, -0.05) is 0 Å². The van der Waals surface area contributed by atoms with Crippen LogP contribution in [0.4, 0.5) is 4.79 Å². The molecule has 0 aromatic carbocycles. The second-order valence-electron chi connectivity index (χ2n) is 4.32. The van der Waals surface area contributed by atoms with Crippen LogP contribution in [-0.2, 0) is 9.59 Å². The Morgan fingerprint density at radius 1 is 1.42 bits per heavy atom. The van der Waals surface area contributed by atoms with Crippen molar-refractivity contribution in [1.82, 2.24) is 10.2 Å². The van der Waals surface area contributed by atoms with E-state index in [2.05, 4.69) is 5.32 Å². The number of carbonyl (C=O) groups excluding carboxylic acids is 2. The van der Waals surface area contributed by atoms with Gasteiger partial charge in [0.15, 0.2) is 0 Å². The molecule has 1 fully saturated rings. The average Bonchev–Trinajstić information content (AvgIpc) is 2.34. The number of urea groups is 1. The fraction of sp³-hybridized carbons (Fsp3) is 0.727. The van der Waals surface area contributed by atoms with Gasteiger partial charge >= 0.3 is 12.0 Å². The van der Waals surface area contributed by atoms with E-state index in [0.717, 1.165) is 5.75 Å². The van der Waals surface area contributed by atoms with Crippen LogP contribution in [0.1, 0.15) is 19.3 Å². The molecular formula is C11H19N3O4S. The van der Waals surface area contributed by atoms with Gasteiger partial charge in [0.25, 0.3) is 0 Å². The SMILES string of the molecule is NC(=O)CCCNC(=O)N1CCSCC1CC(=O)O. The van der Waals surface area contributed by atoms with Crippen molar-refractivity contribution in [3.63, 3.8) is 0 Å². The smallest absolute Gasteiger partial charge is 0.317 e. The van der Waals surface area contributed by atoms with Crippen molar-refractivity contribution in [2.45, 2.75) is 25.3 Å². The van der Waals surface area contributed by atoms with Crippen LogP contribution in [0.2, 0.25) is 0 Å². The zero-order valence-corrected chi connectivity index (χ0v) is 11.4. The van der Waals surface area contributed by atoms with Gasteiger partial charge in [-0.25, -0.2) is 4.79 Å². The molecule has 1 unspecified atom stereocenters. The van der Waals surface area contributed by atoms with Gasteiger partial charge in [0.05, 0.1) is 12.5 Å². The van der Waals surface area contributed by atoms with Gasteiger partial charge in [-0.2, -0.15) is 11.8 Å². The first-order valence-electron chi connectivity index (χ1n) is 6.13. The molecule has 4 N–H and O–H groups in total. The summed E-state index contributed by atoms with van der Waals surface area (Å²) in [5.41, 5.74) is 5.00.